The van der Waals surface area contributed by atoms with Gasteiger partial charge in [-0.05, 0) is 23.8 Å². The zero-order valence-corrected chi connectivity index (χ0v) is 13.3. The lowest BCUT2D eigenvalue weighted by molar-refractivity contribution is -0.114. The van der Waals surface area contributed by atoms with Crippen LogP contribution in [0, 0.1) is 5.82 Å². The molecule has 2 N–H and O–H groups in total. The number of aliphatic hydroxyl groups excluding tert-OH is 1. The molecule has 0 fully saturated rings. The van der Waals surface area contributed by atoms with E-state index in [1.54, 1.807) is 0 Å². The van der Waals surface area contributed by atoms with Crippen LogP contribution < -0.4 is 5.32 Å². The number of benzene rings is 2. The van der Waals surface area contributed by atoms with Crippen LogP contribution in [0.1, 0.15) is 22.8 Å². The minimum absolute atomic E-state index is 0.0809. The first-order chi connectivity index (χ1) is 11.5. The summed E-state index contributed by atoms with van der Waals surface area (Å²) in [5.74, 6) is -1.53. The molecule has 0 heterocycles. The van der Waals surface area contributed by atoms with E-state index in [4.69, 9.17) is 0 Å². The molecule has 2 aromatic carbocycles. The van der Waals surface area contributed by atoms with Crippen molar-refractivity contribution in [3.05, 3.63) is 65.5 Å². The molecule has 0 unspecified atom stereocenters. The van der Waals surface area contributed by atoms with E-state index in [9.17, 15) is 19.1 Å². The molecule has 0 atom stereocenters. The fraction of sp³-hybridized carbons (Fsp3) is 0.222. The number of nitrogens with one attached hydrogen (secondary N) is 1. The van der Waals surface area contributed by atoms with Crippen LogP contribution in [-0.2, 0) is 11.3 Å². The normalized spacial score (nSPS) is 10.3. The largest absolute Gasteiger partial charge is 0.395 e. The molecule has 0 spiro atoms. The molecule has 0 aliphatic rings. The second-order valence-electron chi connectivity index (χ2n) is 5.31. The Hall–Kier alpha value is -2.73. The SMILES string of the molecule is CC(=O)Nc1ccc(F)c(C(=O)N(CCO)Cc2ccccc2)c1. The Labute approximate surface area is 139 Å². The van der Waals surface area contributed by atoms with E-state index < -0.39 is 11.7 Å². The predicted octanol–water partition coefficient (Wildman–Crippen LogP) is 2.42. The van der Waals surface area contributed by atoms with E-state index >= 15 is 0 Å². The second kappa shape index (κ2) is 8.21. The predicted molar refractivity (Wildman–Crippen MR) is 89.0 cm³/mol. The smallest absolute Gasteiger partial charge is 0.257 e. The maximum absolute atomic E-state index is 14.1. The molecule has 2 amide bonds. The first kappa shape index (κ1) is 17.6. The number of hydrogen-bond acceptors (Lipinski definition) is 3. The first-order valence-electron chi connectivity index (χ1n) is 7.52. The molecule has 0 aliphatic carbocycles. The van der Waals surface area contributed by atoms with Gasteiger partial charge in [-0.2, -0.15) is 0 Å². The standard InChI is InChI=1S/C18H19FN2O3/c1-13(23)20-15-7-8-17(19)16(11-15)18(24)21(9-10-22)12-14-5-3-2-4-6-14/h2-8,11,22H,9-10,12H2,1H3,(H,20,23). The van der Waals surface area contributed by atoms with Gasteiger partial charge >= 0.3 is 0 Å². The average Bonchev–Trinajstić information content (AvgIpc) is 2.56. The van der Waals surface area contributed by atoms with Crippen LogP contribution in [0.2, 0.25) is 0 Å². The van der Waals surface area contributed by atoms with Crippen molar-refractivity contribution in [3.8, 4) is 0 Å². The van der Waals surface area contributed by atoms with Crippen molar-refractivity contribution in [1.29, 1.82) is 0 Å². The van der Waals surface area contributed by atoms with Crippen LogP contribution in [-0.4, -0.2) is 35.0 Å². The van der Waals surface area contributed by atoms with E-state index in [1.165, 1.54) is 24.0 Å². The van der Waals surface area contributed by atoms with E-state index in [2.05, 4.69) is 5.32 Å². The van der Waals surface area contributed by atoms with Crippen molar-refractivity contribution in [3.63, 3.8) is 0 Å². The third-order valence-electron chi connectivity index (χ3n) is 3.39. The van der Waals surface area contributed by atoms with Crippen LogP contribution in [0.4, 0.5) is 10.1 Å². The number of nitrogens with zero attached hydrogens (tertiary/aromatic N) is 1. The van der Waals surface area contributed by atoms with Gasteiger partial charge in [0.2, 0.25) is 5.91 Å². The number of hydrogen-bond donors (Lipinski definition) is 2. The van der Waals surface area contributed by atoms with Crippen molar-refractivity contribution < 1.29 is 19.1 Å². The number of carbonyl (C=O) groups is 2. The first-order valence-corrected chi connectivity index (χ1v) is 7.52. The Morgan fingerprint density at radius 1 is 1.17 bits per heavy atom. The van der Waals surface area contributed by atoms with Gasteiger partial charge in [0, 0.05) is 25.7 Å². The van der Waals surface area contributed by atoms with Gasteiger partial charge in [-0.3, -0.25) is 9.59 Å². The van der Waals surface area contributed by atoms with Crippen molar-refractivity contribution >= 4 is 17.5 Å². The molecular formula is C18H19FN2O3. The maximum atomic E-state index is 14.1. The van der Waals surface area contributed by atoms with Crippen LogP contribution in [0.5, 0.6) is 0 Å². The van der Waals surface area contributed by atoms with E-state index in [0.29, 0.717) is 5.69 Å². The quantitative estimate of drug-likeness (QED) is 0.854. The highest BCUT2D eigenvalue weighted by atomic mass is 19.1. The summed E-state index contributed by atoms with van der Waals surface area (Å²) in [7, 11) is 0. The average molecular weight is 330 g/mol. The van der Waals surface area contributed by atoms with Gasteiger partial charge in [0.15, 0.2) is 0 Å². The molecule has 0 radical (unpaired) electrons. The van der Waals surface area contributed by atoms with Gasteiger partial charge in [0.25, 0.3) is 5.91 Å². The summed E-state index contributed by atoms with van der Waals surface area (Å²) in [4.78, 5) is 25.1. The van der Waals surface area contributed by atoms with E-state index in [0.717, 1.165) is 11.6 Å². The fourth-order valence-electron chi connectivity index (χ4n) is 2.32. The van der Waals surface area contributed by atoms with E-state index in [-0.39, 0.29) is 31.2 Å². The second-order valence-corrected chi connectivity index (χ2v) is 5.31. The molecule has 0 saturated heterocycles. The molecule has 2 rings (SSSR count). The lowest BCUT2D eigenvalue weighted by atomic mass is 10.1. The number of rotatable bonds is 6. The zero-order valence-electron chi connectivity index (χ0n) is 13.3. The Morgan fingerprint density at radius 2 is 1.88 bits per heavy atom. The van der Waals surface area contributed by atoms with Crippen LogP contribution in [0.3, 0.4) is 0 Å². The number of amides is 2. The van der Waals surface area contributed by atoms with E-state index in [1.807, 2.05) is 30.3 Å². The van der Waals surface area contributed by atoms with Crippen LogP contribution in [0.25, 0.3) is 0 Å². The monoisotopic (exact) mass is 330 g/mol. The summed E-state index contributed by atoms with van der Waals surface area (Å²) < 4.78 is 14.1. The molecular weight excluding hydrogens is 311 g/mol. The summed E-state index contributed by atoms with van der Waals surface area (Å²) in [5, 5.41) is 11.7. The van der Waals surface area contributed by atoms with Crippen molar-refractivity contribution in [2.45, 2.75) is 13.5 Å². The van der Waals surface area contributed by atoms with Gasteiger partial charge < -0.3 is 15.3 Å². The van der Waals surface area contributed by atoms with Gasteiger partial charge in [0.05, 0.1) is 12.2 Å². The summed E-state index contributed by atoms with van der Waals surface area (Å²) in [6.45, 7) is 1.44. The fourth-order valence-corrected chi connectivity index (χ4v) is 2.32. The highest BCUT2D eigenvalue weighted by Gasteiger charge is 2.20. The summed E-state index contributed by atoms with van der Waals surface area (Å²) in [6, 6.07) is 13.1. The lowest BCUT2D eigenvalue weighted by Gasteiger charge is -2.22. The molecule has 0 bridgehead atoms. The molecule has 0 aromatic heterocycles. The highest BCUT2D eigenvalue weighted by molar-refractivity contribution is 5.97. The molecule has 126 valence electrons. The van der Waals surface area contributed by atoms with Gasteiger partial charge in [-0.1, -0.05) is 30.3 Å². The Kier molecular flexibility index (Phi) is 6.03. The minimum Gasteiger partial charge on any atom is -0.395 e. The van der Waals surface area contributed by atoms with Gasteiger partial charge in [0.1, 0.15) is 5.82 Å². The van der Waals surface area contributed by atoms with Crippen LogP contribution >= 0.6 is 0 Å². The number of carbonyl (C=O) groups excluding carboxylic acids is 2. The molecule has 6 heteroatoms. The van der Waals surface area contributed by atoms with Crippen molar-refractivity contribution in [2.75, 3.05) is 18.5 Å². The number of anilines is 1. The van der Waals surface area contributed by atoms with Crippen molar-refractivity contribution in [1.82, 2.24) is 4.90 Å². The molecule has 0 saturated carbocycles. The minimum atomic E-state index is -0.676. The molecule has 5 nitrogen and oxygen atoms in total. The molecule has 2 aromatic rings. The number of aliphatic hydroxyl groups is 1. The van der Waals surface area contributed by atoms with Crippen LogP contribution in [0.15, 0.2) is 48.5 Å². The summed E-state index contributed by atoms with van der Waals surface area (Å²) in [6.07, 6.45) is 0. The Bertz CT molecular complexity index is 719. The Balaban J connectivity index is 2.27. The third-order valence-corrected chi connectivity index (χ3v) is 3.39. The third kappa shape index (κ3) is 4.63. The van der Waals surface area contributed by atoms with Gasteiger partial charge in [-0.25, -0.2) is 4.39 Å². The van der Waals surface area contributed by atoms with Crippen molar-refractivity contribution in [2.24, 2.45) is 0 Å². The molecule has 24 heavy (non-hydrogen) atoms. The highest BCUT2D eigenvalue weighted by Crippen LogP contribution is 2.18. The topological polar surface area (TPSA) is 69.6 Å². The molecule has 0 aliphatic heterocycles. The summed E-state index contributed by atoms with van der Waals surface area (Å²) in [5.41, 5.74) is 1.07. The summed E-state index contributed by atoms with van der Waals surface area (Å²) >= 11 is 0. The Morgan fingerprint density at radius 3 is 2.50 bits per heavy atom. The van der Waals surface area contributed by atoms with Gasteiger partial charge in [-0.15, -0.1) is 0 Å². The lowest BCUT2D eigenvalue weighted by Crippen LogP contribution is -2.33. The zero-order chi connectivity index (χ0) is 17.5. The number of halogens is 1. The maximum Gasteiger partial charge on any atom is 0.257 e.